The molecule has 2 aromatic heterocycles. The number of hydrogen-bond donors (Lipinski definition) is 0. The summed E-state index contributed by atoms with van der Waals surface area (Å²) in [4.78, 5) is 31.7. The molecule has 140 valence electrons. The van der Waals surface area contributed by atoms with E-state index in [1.54, 1.807) is 18.1 Å². The molecule has 0 spiro atoms. The molecule has 0 unspecified atom stereocenters. The number of rotatable bonds is 5. The summed E-state index contributed by atoms with van der Waals surface area (Å²) in [7, 11) is 1.80. The molecule has 0 aliphatic heterocycles. The first kappa shape index (κ1) is 17.9. The summed E-state index contributed by atoms with van der Waals surface area (Å²) in [6.07, 6.45) is 2.46. The zero-order chi connectivity index (χ0) is 19.5. The topological polar surface area (TPSA) is 55.2 Å². The van der Waals surface area contributed by atoms with Crippen LogP contribution in [0.2, 0.25) is 0 Å². The molecule has 4 aromatic rings. The van der Waals surface area contributed by atoms with Crippen LogP contribution in [0.1, 0.15) is 5.69 Å². The molecule has 2 aromatic carbocycles. The third kappa shape index (κ3) is 3.39. The number of likely N-dealkylation sites (N-methyl/N-ethyl adjacent to an activating group) is 1. The fourth-order valence-electron chi connectivity index (χ4n) is 3.46. The highest BCUT2D eigenvalue weighted by molar-refractivity contribution is 5.94. The van der Waals surface area contributed by atoms with E-state index in [0.717, 1.165) is 16.7 Å². The van der Waals surface area contributed by atoms with E-state index in [4.69, 9.17) is 0 Å². The van der Waals surface area contributed by atoms with Crippen molar-refractivity contribution >= 4 is 27.7 Å². The number of benzene rings is 2. The quantitative estimate of drug-likeness (QED) is 0.506. The zero-order valence-electron chi connectivity index (χ0n) is 15.7. The van der Waals surface area contributed by atoms with Crippen molar-refractivity contribution in [2.75, 3.05) is 13.6 Å². The van der Waals surface area contributed by atoms with E-state index in [-0.39, 0.29) is 17.9 Å². The van der Waals surface area contributed by atoms with Crippen molar-refractivity contribution in [2.45, 2.75) is 13.0 Å². The Balaban J connectivity index is 1.65. The maximum Gasteiger partial charge on any atom is 0.242 e. The van der Waals surface area contributed by atoms with Crippen LogP contribution >= 0.6 is 0 Å². The number of amides is 1. The lowest BCUT2D eigenvalue weighted by molar-refractivity contribution is -0.130. The van der Waals surface area contributed by atoms with Crippen molar-refractivity contribution in [1.82, 2.24) is 14.5 Å². The standard InChI is InChI=1S/C23H21N3O2/c1-25(15-13-17-8-6-7-14-24-17)22(27)16-26-20-11-4-2-9-18(20)23(28)19-10-3-5-12-21(19)26/h2-12,14H,13,15-16H2,1H3. The second kappa shape index (κ2) is 7.64. The van der Waals surface area contributed by atoms with Crippen molar-refractivity contribution in [1.29, 1.82) is 0 Å². The van der Waals surface area contributed by atoms with Gasteiger partial charge in [0, 0.05) is 42.7 Å². The monoisotopic (exact) mass is 371 g/mol. The highest BCUT2D eigenvalue weighted by Crippen LogP contribution is 2.19. The van der Waals surface area contributed by atoms with E-state index in [1.807, 2.05) is 71.3 Å². The van der Waals surface area contributed by atoms with Crippen LogP contribution in [0.4, 0.5) is 0 Å². The lowest BCUT2D eigenvalue weighted by atomic mass is 10.1. The summed E-state index contributed by atoms with van der Waals surface area (Å²) in [5.74, 6) is -0.00473. The minimum Gasteiger partial charge on any atom is -0.344 e. The fraction of sp³-hybridized carbons (Fsp3) is 0.174. The molecule has 0 radical (unpaired) electrons. The van der Waals surface area contributed by atoms with E-state index < -0.39 is 0 Å². The van der Waals surface area contributed by atoms with E-state index >= 15 is 0 Å². The minimum atomic E-state index is -0.00473. The summed E-state index contributed by atoms with van der Waals surface area (Å²) in [6, 6.07) is 20.7. The number of fused-ring (bicyclic) bond motifs is 2. The van der Waals surface area contributed by atoms with Gasteiger partial charge in [0.1, 0.15) is 6.54 Å². The molecular formula is C23H21N3O2. The molecule has 0 saturated carbocycles. The Bertz CT molecular complexity index is 1140. The van der Waals surface area contributed by atoms with Crippen LogP contribution < -0.4 is 5.43 Å². The van der Waals surface area contributed by atoms with Crippen LogP contribution in [-0.2, 0) is 17.8 Å². The van der Waals surface area contributed by atoms with Gasteiger partial charge in [-0.25, -0.2) is 0 Å². The normalized spacial score (nSPS) is 11.0. The highest BCUT2D eigenvalue weighted by atomic mass is 16.2. The molecule has 0 fully saturated rings. The van der Waals surface area contributed by atoms with Gasteiger partial charge in [0.15, 0.2) is 5.43 Å². The summed E-state index contributed by atoms with van der Waals surface area (Å²) in [6.45, 7) is 0.770. The SMILES string of the molecule is CN(CCc1ccccn1)C(=O)Cn1c2ccccc2c(=O)c2ccccc21. The molecule has 0 aliphatic rings. The number of carbonyl (C=O) groups excluding carboxylic acids is 1. The Morgan fingerprint density at radius 3 is 2.14 bits per heavy atom. The van der Waals surface area contributed by atoms with Crippen molar-refractivity contribution < 1.29 is 4.79 Å². The Labute approximate surface area is 162 Å². The molecule has 2 heterocycles. The molecule has 1 amide bonds. The number of nitrogens with zero attached hydrogens (tertiary/aromatic N) is 3. The van der Waals surface area contributed by atoms with Gasteiger partial charge in [-0.2, -0.15) is 0 Å². The Kier molecular flexibility index (Phi) is 4.89. The highest BCUT2D eigenvalue weighted by Gasteiger charge is 2.15. The van der Waals surface area contributed by atoms with Crippen LogP contribution in [0.25, 0.3) is 21.8 Å². The van der Waals surface area contributed by atoms with E-state index in [0.29, 0.717) is 23.7 Å². The van der Waals surface area contributed by atoms with Gasteiger partial charge in [0.05, 0.1) is 11.0 Å². The first-order chi connectivity index (χ1) is 13.6. The summed E-state index contributed by atoms with van der Waals surface area (Å²) in [5.41, 5.74) is 2.51. The van der Waals surface area contributed by atoms with Crippen LogP contribution in [0.3, 0.4) is 0 Å². The lowest BCUT2D eigenvalue weighted by Crippen LogP contribution is -2.32. The third-order valence-electron chi connectivity index (χ3n) is 5.03. The van der Waals surface area contributed by atoms with Crippen LogP contribution in [0, 0.1) is 0 Å². The average molecular weight is 371 g/mol. The van der Waals surface area contributed by atoms with Gasteiger partial charge in [-0.3, -0.25) is 14.6 Å². The zero-order valence-corrected chi connectivity index (χ0v) is 15.7. The van der Waals surface area contributed by atoms with Gasteiger partial charge in [-0.1, -0.05) is 30.3 Å². The molecular weight excluding hydrogens is 350 g/mol. The summed E-state index contributed by atoms with van der Waals surface area (Å²) < 4.78 is 1.94. The maximum atomic E-state index is 12.9. The number of hydrogen-bond acceptors (Lipinski definition) is 3. The molecule has 5 nitrogen and oxygen atoms in total. The van der Waals surface area contributed by atoms with Gasteiger partial charge >= 0.3 is 0 Å². The van der Waals surface area contributed by atoms with Crippen molar-refractivity contribution in [3.8, 4) is 0 Å². The molecule has 0 N–H and O–H groups in total. The van der Waals surface area contributed by atoms with E-state index in [1.165, 1.54) is 0 Å². The van der Waals surface area contributed by atoms with E-state index in [9.17, 15) is 9.59 Å². The van der Waals surface area contributed by atoms with Gasteiger partial charge < -0.3 is 9.47 Å². The van der Waals surface area contributed by atoms with Gasteiger partial charge in [-0.05, 0) is 36.4 Å². The van der Waals surface area contributed by atoms with Crippen molar-refractivity contribution in [3.63, 3.8) is 0 Å². The predicted octanol–water partition coefficient (Wildman–Crippen LogP) is 3.25. The van der Waals surface area contributed by atoms with Gasteiger partial charge in [-0.15, -0.1) is 0 Å². The Morgan fingerprint density at radius 1 is 0.929 bits per heavy atom. The van der Waals surface area contributed by atoms with Crippen LogP contribution in [-0.4, -0.2) is 34.0 Å². The lowest BCUT2D eigenvalue weighted by Gasteiger charge is -2.20. The Morgan fingerprint density at radius 2 is 1.54 bits per heavy atom. The molecule has 5 heteroatoms. The van der Waals surface area contributed by atoms with Crippen molar-refractivity contribution in [3.05, 3.63) is 88.8 Å². The second-order valence-electron chi connectivity index (χ2n) is 6.84. The smallest absolute Gasteiger partial charge is 0.242 e. The molecule has 28 heavy (non-hydrogen) atoms. The Hall–Kier alpha value is -3.47. The molecule has 0 atom stereocenters. The molecule has 4 rings (SSSR count). The number of aromatic nitrogens is 2. The molecule has 0 saturated heterocycles. The second-order valence-corrected chi connectivity index (χ2v) is 6.84. The summed E-state index contributed by atoms with van der Waals surface area (Å²) in [5, 5.41) is 1.26. The van der Waals surface area contributed by atoms with Crippen molar-refractivity contribution in [2.24, 2.45) is 0 Å². The predicted molar refractivity (Wildman–Crippen MR) is 111 cm³/mol. The third-order valence-corrected chi connectivity index (χ3v) is 5.03. The first-order valence-electron chi connectivity index (χ1n) is 9.29. The number of carbonyl (C=O) groups is 1. The molecule has 0 bridgehead atoms. The molecule has 0 aliphatic carbocycles. The van der Waals surface area contributed by atoms with Crippen LogP contribution in [0.5, 0.6) is 0 Å². The van der Waals surface area contributed by atoms with Gasteiger partial charge in [0.2, 0.25) is 5.91 Å². The maximum absolute atomic E-state index is 12.9. The van der Waals surface area contributed by atoms with E-state index in [2.05, 4.69) is 4.98 Å². The first-order valence-corrected chi connectivity index (χ1v) is 9.29. The number of pyridine rings is 2. The minimum absolute atomic E-state index is 0.00148. The average Bonchev–Trinajstić information content (AvgIpc) is 2.75. The largest absolute Gasteiger partial charge is 0.344 e. The summed E-state index contributed by atoms with van der Waals surface area (Å²) >= 11 is 0. The van der Waals surface area contributed by atoms with Crippen LogP contribution in [0.15, 0.2) is 77.7 Å². The fourth-order valence-corrected chi connectivity index (χ4v) is 3.46. The van der Waals surface area contributed by atoms with Gasteiger partial charge in [0.25, 0.3) is 0 Å². The number of para-hydroxylation sites is 2.